The van der Waals surface area contributed by atoms with Gasteiger partial charge in [0.15, 0.2) is 0 Å². The third-order valence-corrected chi connectivity index (χ3v) is 2.22. The van der Waals surface area contributed by atoms with Crippen LogP contribution >= 0.6 is 0 Å². The number of nitrogens with one attached hydrogen (secondary N) is 2. The first-order chi connectivity index (χ1) is 6.86. The lowest BCUT2D eigenvalue weighted by atomic mass is 10.2. The number of pyridine rings is 2. The summed E-state index contributed by atoms with van der Waals surface area (Å²) in [6.07, 6.45) is 4.92. The lowest BCUT2D eigenvalue weighted by Crippen LogP contribution is -1.97. The fourth-order valence-corrected chi connectivity index (χ4v) is 1.53. The van der Waals surface area contributed by atoms with Crippen LogP contribution < -0.4 is 5.56 Å². The van der Waals surface area contributed by atoms with Gasteiger partial charge in [-0.2, -0.15) is 0 Å². The summed E-state index contributed by atoms with van der Waals surface area (Å²) < 4.78 is 0. The van der Waals surface area contributed by atoms with Crippen LogP contribution in [0.3, 0.4) is 0 Å². The lowest BCUT2D eigenvalue weighted by molar-refractivity contribution is 1.08. The smallest absolute Gasteiger partial charge is 0.273 e. The molecular weight excluding hydrogens is 180 g/mol. The largest absolute Gasteiger partial charge is 0.297 e. The number of rotatable bonds is 0. The fraction of sp³-hybridized carbons (Fsp3) is 0. The van der Waals surface area contributed by atoms with Crippen molar-refractivity contribution in [1.82, 2.24) is 20.2 Å². The minimum Gasteiger partial charge on any atom is -0.297 e. The second-order valence-electron chi connectivity index (χ2n) is 3.02. The Bertz CT molecular complexity index is 667. The Morgan fingerprint density at radius 3 is 3.00 bits per heavy atom. The molecule has 0 bridgehead atoms. The Labute approximate surface area is 77.8 Å². The van der Waals surface area contributed by atoms with Gasteiger partial charge < -0.3 is 0 Å². The van der Waals surface area contributed by atoms with E-state index in [4.69, 9.17) is 0 Å². The van der Waals surface area contributed by atoms with Crippen molar-refractivity contribution >= 4 is 21.8 Å². The molecule has 3 rings (SSSR count). The van der Waals surface area contributed by atoms with Gasteiger partial charge in [-0.3, -0.25) is 25.0 Å². The molecule has 14 heavy (non-hydrogen) atoms. The van der Waals surface area contributed by atoms with Crippen LogP contribution in [-0.4, -0.2) is 20.2 Å². The molecule has 3 heterocycles. The second kappa shape index (κ2) is 2.41. The van der Waals surface area contributed by atoms with Crippen molar-refractivity contribution < 1.29 is 0 Å². The van der Waals surface area contributed by atoms with Gasteiger partial charge in [-0.05, 0) is 6.07 Å². The Morgan fingerprint density at radius 1 is 1.14 bits per heavy atom. The van der Waals surface area contributed by atoms with Crippen LogP contribution in [0.4, 0.5) is 0 Å². The van der Waals surface area contributed by atoms with Crippen LogP contribution in [-0.2, 0) is 0 Å². The van der Waals surface area contributed by atoms with Gasteiger partial charge in [0.25, 0.3) is 5.56 Å². The Morgan fingerprint density at radius 2 is 2.07 bits per heavy atom. The van der Waals surface area contributed by atoms with E-state index in [0.29, 0.717) is 5.39 Å². The average Bonchev–Trinajstić information content (AvgIpc) is 2.61. The highest BCUT2D eigenvalue weighted by Crippen LogP contribution is 2.16. The molecule has 0 aliphatic heterocycles. The van der Waals surface area contributed by atoms with Crippen LogP contribution in [0.15, 0.2) is 29.5 Å². The average molecular weight is 186 g/mol. The summed E-state index contributed by atoms with van der Waals surface area (Å²) >= 11 is 0. The van der Waals surface area contributed by atoms with Crippen molar-refractivity contribution in [2.75, 3.05) is 0 Å². The summed E-state index contributed by atoms with van der Waals surface area (Å²) in [5.41, 5.74) is 1.43. The van der Waals surface area contributed by atoms with Crippen molar-refractivity contribution in [2.45, 2.75) is 0 Å². The van der Waals surface area contributed by atoms with Crippen LogP contribution in [0.1, 0.15) is 0 Å². The normalized spacial score (nSPS) is 11.1. The standard InChI is InChI=1S/C9H6N4O/c14-9-6-4-11-7-1-2-10-3-5(7)8(6)12-13-9/h1-4H,(H2,12,13,14). The van der Waals surface area contributed by atoms with Gasteiger partial charge in [-0.15, -0.1) is 0 Å². The van der Waals surface area contributed by atoms with Crippen molar-refractivity contribution in [2.24, 2.45) is 0 Å². The van der Waals surface area contributed by atoms with E-state index < -0.39 is 0 Å². The van der Waals surface area contributed by atoms with Crippen molar-refractivity contribution in [3.05, 3.63) is 35.0 Å². The highest BCUT2D eigenvalue weighted by molar-refractivity contribution is 6.01. The third kappa shape index (κ3) is 0.806. The molecule has 0 saturated heterocycles. The van der Waals surface area contributed by atoms with E-state index >= 15 is 0 Å². The molecule has 0 aromatic carbocycles. The van der Waals surface area contributed by atoms with Crippen LogP contribution in [0, 0.1) is 0 Å². The van der Waals surface area contributed by atoms with Gasteiger partial charge in [-0.1, -0.05) is 0 Å². The van der Waals surface area contributed by atoms with E-state index in [2.05, 4.69) is 20.2 Å². The number of hydrogen-bond donors (Lipinski definition) is 2. The third-order valence-electron chi connectivity index (χ3n) is 2.22. The Balaban J connectivity index is 2.68. The van der Waals surface area contributed by atoms with Gasteiger partial charge >= 0.3 is 0 Å². The van der Waals surface area contributed by atoms with Crippen LogP contribution in [0.25, 0.3) is 21.8 Å². The molecule has 68 valence electrons. The maximum Gasteiger partial charge on any atom is 0.273 e. The molecule has 0 fully saturated rings. The number of H-pyrrole nitrogens is 2. The van der Waals surface area contributed by atoms with Gasteiger partial charge in [0.2, 0.25) is 0 Å². The summed E-state index contributed by atoms with van der Waals surface area (Å²) in [5.74, 6) is 0. The highest BCUT2D eigenvalue weighted by Gasteiger charge is 2.05. The number of fused-ring (bicyclic) bond motifs is 3. The van der Waals surface area contributed by atoms with E-state index in [1.54, 1.807) is 24.7 Å². The maximum atomic E-state index is 11.3. The van der Waals surface area contributed by atoms with E-state index in [1.807, 2.05) is 0 Å². The predicted molar refractivity (Wildman–Crippen MR) is 52.0 cm³/mol. The van der Waals surface area contributed by atoms with Crippen molar-refractivity contribution in [3.63, 3.8) is 0 Å². The first kappa shape index (κ1) is 7.25. The summed E-state index contributed by atoms with van der Waals surface area (Å²) in [6.45, 7) is 0. The molecule has 3 aromatic rings. The van der Waals surface area contributed by atoms with E-state index in [1.165, 1.54) is 0 Å². The molecule has 0 saturated carbocycles. The zero-order valence-electron chi connectivity index (χ0n) is 7.11. The summed E-state index contributed by atoms with van der Waals surface area (Å²) in [6, 6.07) is 1.81. The molecule has 0 amide bonds. The molecule has 0 spiro atoms. The monoisotopic (exact) mass is 186 g/mol. The first-order valence-corrected chi connectivity index (χ1v) is 4.15. The maximum absolute atomic E-state index is 11.3. The molecule has 3 aromatic heterocycles. The Kier molecular flexibility index (Phi) is 1.25. The zero-order valence-corrected chi connectivity index (χ0v) is 7.11. The summed E-state index contributed by atoms with van der Waals surface area (Å²) in [7, 11) is 0. The highest BCUT2D eigenvalue weighted by atomic mass is 16.1. The van der Waals surface area contributed by atoms with Gasteiger partial charge in [0.1, 0.15) is 0 Å². The molecule has 0 unspecified atom stereocenters. The molecule has 2 N–H and O–H groups in total. The number of nitrogens with zero attached hydrogens (tertiary/aromatic N) is 2. The molecular formula is C9H6N4O. The predicted octanol–water partition coefficient (Wildman–Crippen LogP) is 0.799. The number of hydrogen-bond acceptors (Lipinski definition) is 3. The molecule has 0 radical (unpaired) electrons. The SMILES string of the molecule is O=c1[nH][nH]c2c1cnc1ccncc12. The van der Waals surface area contributed by atoms with Crippen molar-refractivity contribution in [3.8, 4) is 0 Å². The van der Waals surface area contributed by atoms with Gasteiger partial charge in [-0.25, -0.2) is 0 Å². The van der Waals surface area contributed by atoms with E-state index in [9.17, 15) is 4.79 Å². The zero-order chi connectivity index (χ0) is 9.54. The summed E-state index contributed by atoms with van der Waals surface area (Å²) in [4.78, 5) is 19.4. The molecule has 0 aliphatic carbocycles. The second-order valence-corrected chi connectivity index (χ2v) is 3.02. The van der Waals surface area contributed by atoms with Crippen molar-refractivity contribution in [1.29, 1.82) is 0 Å². The minimum atomic E-state index is -0.154. The van der Waals surface area contributed by atoms with Crippen LogP contribution in [0.2, 0.25) is 0 Å². The van der Waals surface area contributed by atoms with E-state index in [-0.39, 0.29) is 5.56 Å². The molecule has 0 atom stereocenters. The fourth-order valence-electron chi connectivity index (χ4n) is 1.53. The molecule has 0 aliphatic rings. The number of aromatic nitrogens is 4. The minimum absolute atomic E-state index is 0.154. The van der Waals surface area contributed by atoms with E-state index in [0.717, 1.165) is 16.4 Å². The first-order valence-electron chi connectivity index (χ1n) is 4.15. The van der Waals surface area contributed by atoms with Gasteiger partial charge in [0.05, 0.1) is 16.4 Å². The topological polar surface area (TPSA) is 74.4 Å². The van der Waals surface area contributed by atoms with Crippen LogP contribution in [0.5, 0.6) is 0 Å². The Hall–Kier alpha value is -2.17. The molecule has 5 nitrogen and oxygen atoms in total. The summed E-state index contributed by atoms with van der Waals surface area (Å²) in [5, 5.41) is 6.74. The number of aromatic amines is 2. The lowest BCUT2D eigenvalue weighted by Gasteiger charge is -1.95. The van der Waals surface area contributed by atoms with Gasteiger partial charge in [0, 0.05) is 24.0 Å². The quantitative estimate of drug-likeness (QED) is 0.545. The molecule has 5 heteroatoms.